The number of hydrogen-bond donors (Lipinski definition) is 2. The lowest BCUT2D eigenvalue weighted by Gasteiger charge is -2.05. The van der Waals surface area contributed by atoms with Gasteiger partial charge in [0.25, 0.3) is 5.91 Å². The van der Waals surface area contributed by atoms with Crippen LogP contribution in [0.2, 0.25) is 0 Å². The number of rotatable bonds is 5. The minimum Gasteiger partial charge on any atom is -0.396 e. The van der Waals surface area contributed by atoms with Crippen molar-refractivity contribution in [2.75, 3.05) is 13.2 Å². The highest BCUT2D eigenvalue weighted by molar-refractivity contribution is 7.09. The average molecular weight is 276 g/mol. The number of aliphatic hydroxyl groups excluding tert-OH is 1. The van der Waals surface area contributed by atoms with Gasteiger partial charge in [0.2, 0.25) is 0 Å². The van der Waals surface area contributed by atoms with Gasteiger partial charge < -0.3 is 10.4 Å². The molecule has 19 heavy (non-hydrogen) atoms. The fourth-order valence-electron chi connectivity index (χ4n) is 1.70. The highest BCUT2D eigenvalue weighted by Crippen LogP contribution is 2.22. The van der Waals surface area contributed by atoms with Crippen LogP contribution >= 0.6 is 11.3 Å². The second-order valence-electron chi connectivity index (χ2n) is 4.17. The van der Waals surface area contributed by atoms with Crippen molar-refractivity contribution < 1.29 is 9.90 Å². The summed E-state index contributed by atoms with van der Waals surface area (Å²) >= 11 is 1.59. The summed E-state index contributed by atoms with van der Waals surface area (Å²) in [6.45, 7) is 2.52. The smallest absolute Gasteiger partial charge is 0.251 e. The summed E-state index contributed by atoms with van der Waals surface area (Å²) in [5.74, 6) is -0.123. The largest absolute Gasteiger partial charge is 0.396 e. The van der Waals surface area contributed by atoms with Crippen LogP contribution in [0.25, 0.3) is 11.3 Å². The number of nitrogens with zero attached hydrogens (tertiary/aromatic N) is 1. The summed E-state index contributed by atoms with van der Waals surface area (Å²) in [4.78, 5) is 16.3. The van der Waals surface area contributed by atoms with Gasteiger partial charge in [0.05, 0.1) is 10.7 Å². The summed E-state index contributed by atoms with van der Waals surface area (Å²) in [5.41, 5.74) is 2.45. The third-order valence-corrected chi connectivity index (χ3v) is 3.43. The van der Waals surface area contributed by atoms with Crippen LogP contribution in [0.3, 0.4) is 0 Å². The van der Waals surface area contributed by atoms with E-state index in [4.69, 9.17) is 5.11 Å². The molecule has 0 unspecified atom stereocenters. The van der Waals surface area contributed by atoms with Crippen LogP contribution < -0.4 is 5.32 Å². The van der Waals surface area contributed by atoms with Crippen molar-refractivity contribution in [2.24, 2.45) is 0 Å². The minimum atomic E-state index is -0.123. The van der Waals surface area contributed by atoms with Crippen LogP contribution in [0.4, 0.5) is 0 Å². The van der Waals surface area contributed by atoms with Crippen LogP contribution in [0.5, 0.6) is 0 Å². The number of carbonyl (C=O) groups excluding carboxylic acids is 1. The Morgan fingerprint density at radius 2 is 2.32 bits per heavy atom. The maximum atomic E-state index is 11.9. The first kappa shape index (κ1) is 13.7. The van der Waals surface area contributed by atoms with Crippen LogP contribution in [0.1, 0.15) is 21.8 Å². The fourth-order valence-corrected chi connectivity index (χ4v) is 2.32. The molecule has 0 bridgehead atoms. The Morgan fingerprint density at radius 3 is 3.00 bits per heavy atom. The second kappa shape index (κ2) is 6.45. The molecule has 0 radical (unpaired) electrons. The van der Waals surface area contributed by atoms with Crippen molar-refractivity contribution in [3.63, 3.8) is 0 Å². The molecular formula is C14H16N2O2S. The first-order valence-corrected chi connectivity index (χ1v) is 7.00. The number of aliphatic hydroxyl groups is 1. The summed E-state index contributed by atoms with van der Waals surface area (Å²) < 4.78 is 0. The van der Waals surface area contributed by atoms with Crippen molar-refractivity contribution in [3.8, 4) is 11.3 Å². The van der Waals surface area contributed by atoms with Gasteiger partial charge in [0.1, 0.15) is 0 Å². The summed E-state index contributed by atoms with van der Waals surface area (Å²) in [6.07, 6.45) is 0.566. The van der Waals surface area contributed by atoms with Crippen LogP contribution in [-0.2, 0) is 0 Å². The Morgan fingerprint density at radius 1 is 1.47 bits per heavy atom. The lowest BCUT2D eigenvalue weighted by Crippen LogP contribution is -2.24. The molecule has 0 fully saturated rings. The highest BCUT2D eigenvalue weighted by atomic mass is 32.1. The summed E-state index contributed by atoms with van der Waals surface area (Å²) in [5, 5.41) is 14.4. The maximum absolute atomic E-state index is 11.9. The third-order valence-electron chi connectivity index (χ3n) is 2.66. The molecule has 2 N–H and O–H groups in total. The number of amides is 1. The molecular weight excluding hydrogens is 260 g/mol. The highest BCUT2D eigenvalue weighted by Gasteiger charge is 2.08. The Bertz CT molecular complexity index is 566. The van der Waals surface area contributed by atoms with E-state index < -0.39 is 0 Å². The first-order valence-electron chi connectivity index (χ1n) is 6.12. The second-order valence-corrected chi connectivity index (χ2v) is 5.23. The molecule has 0 atom stereocenters. The van der Waals surface area contributed by atoms with Crippen molar-refractivity contribution in [2.45, 2.75) is 13.3 Å². The van der Waals surface area contributed by atoms with E-state index in [9.17, 15) is 4.79 Å². The predicted octanol–water partition coefficient (Wildman–Crippen LogP) is 2.23. The Labute approximate surface area is 116 Å². The molecule has 5 heteroatoms. The van der Waals surface area contributed by atoms with E-state index in [-0.39, 0.29) is 12.5 Å². The quantitative estimate of drug-likeness (QED) is 0.823. The maximum Gasteiger partial charge on any atom is 0.251 e. The van der Waals surface area contributed by atoms with Crippen molar-refractivity contribution in [1.29, 1.82) is 0 Å². The zero-order valence-electron chi connectivity index (χ0n) is 10.7. The minimum absolute atomic E-state index is 0.0818. The van der Waals surface area contributed by atoms with E-state index in [1.54, 1.807) is 17.4 Å². The molecule has 0 aliphatic carbocycles. The van der Waals surface area contributed by atoms with Crippen molar-refractivity contribution in [3.05, 3.63) is 40.2 Å². The lowest BCUT2D eigenvalue weighted by atomic mass is 10.1. The van der Waals surface area contributed by atoms with E-state index >= 15 is 0 Å². The van der Waals surface area contributed by atoms with E-state index in [1.807, 2.05) is 30.5 Å². The zero-order valence-corrected chi connectivity index (χ0v) is 11.5. The SMILES string of the molecule is Cc1nc(-c2cccc(C(=O)NCCCO)c2)cs1. The fraction of sp³-hybridized carbons (Fsp3) is 0.286. The molecule has 2 aromatic rings. The molecule has 0 aliphatic heterocycles. The number of benzene rings is 1. The number of aryl methyl sites for hydroxylation is 1. The molecule has 1 heterocycles. The number of aromatic nitrogens is 1. The van der Waals surface area contributed by atoms with Gasteiger partial charge in [-0.3, -0.25) is 4.79 Å². The number of nitrogens with one attached hydrogen (secondary N) is 1. The molecule has 1 amide bonds. The zero-order chi connectivity index (χ0) is 13.7. The molecule has 0 aliphatic rings. The van der Waals surface area contributed by atoms with Gasteiger partial charge in [0, 0.05) is 29.7 Å². The molecule has 1 aromatic carbocycles. The van der Waals surface area contributed by atoms with Crippen LogP contribution in [0, 0.1) is 6.92 Å². The molecule has 2 rings (SSSR count). The number of thiazole rings is 1. The molecule has 0 saturated carbocycles. The average Bonchev–Trinajstić information content (AvgIpc) is 2.86. The van der Waals surface area contributed by atoms with Crippen LogP contribution in [0.15, 0.2) is 29.6 Å². The van der Waals surface area contributed by atoms with Crippen molar-refractivity contribution >= 4 is 17.2 Å². The standard InChI is InChI=1S/C14H16N2O2S/c1-10-16-13(9-19-10)11-4-2-5-12(8-11)14(18)15-6-3-7-17/h2,4-5,8-9,17H,3,6-7H2,1H3,(H,15,18). The van der Waals surface area contributed by atoms with Gasteiger partial charge in [-0.25, -0.2) is 4.98 Å². The Hall–Kier alpha value is -1.72. The van der Waals surface area contributed by atoms with Gasteiger partial charge in [-0.15, -0.1) is 11.3 Å². The first-order chi connectivity index (χ1) is 9.20. The lowest BCUT2D eigenvalue weighted by molar-refractivity contribution is 0.0951. The van der Waals surface area contributed by atoms with Gasteiger partial charge in [-0.05, 0) is 25.5 Å². The molecule has 0 saturated heterocycles. The van der Waals surface area contributed by atoms with Gasteiger partial charge in [-0.2, -0.15) is 0 Å². The van der Waals surface area contributed by atoms with E-state index in [1.165, 1.54) is 0 Å². The van der Waals surface area contributed by atoms with E-state index in [0.29, 0.717) is 18.5 Å². The monoisotopic (exact) mass is 276 g/mol. The normalized spacial score (nSPS) is 10.4. The van der Waals surface area contributed by atoms with E-state index in [2.05, 4.69) is 10.3 Å². The Kier molecular flexibility index (Phi) is 4.65. The number of carbonyl (C=O) groups is 1. The molecule has 0 spiro atoms. The van der Waals surface area contributed by atoms with Gasteiger partial charge in [-0.1, -0.05) is 12.1 Å². The molecule has 100 valence electrons. The topological polar surface area (TPSA) is 62.2 Å². The van der Waals surface area contributed by atoms with Gasteiger partial charge in [0.15, 0.2) is 0 Å². The molecule has 1 aromatic heterocycles. The number of hydrogen-bond acceptors (Lipinski definition) is 4. The third kappa shape index (κ3) is 3.62. The van der Waals surface area contributed by atoms with Crippen molar-refractivity contribution in [1.82, 2.24) is 10.3 Å². The summed E-state index contributed by atoms with van der Waals surface area (Å²) in [6, 6.07) is 7.41. The van der Waals surface area contributed by atoms with Crippen LogP contribution in [-0.4, -0.2) is 29.1 Å². The molecule has 4 nitrogen and oxygen atoms in total. The Balaban J connectivity index is 2.13. The summed E-state index contributed by atoms with van der Waals surface area (Å²) in [7, 11) is 0. The predicted molar refractivity (Wildman–Crippen MR) is 76.3 cm³/mol. The van der Waals surface area contributed by atoms with E-state index in [0.717, 1.165) is 16.3 Å². The van der Waals surface area contributed by atoms with Gasteiger partial charge >= 0.3 is 0 Å².